The standard InChI is InChI=1S/C22H22ClN3O2S/c1-26-20(7-10-25-26)18-6-5-17(14-19(18)23)29-16-4-2-3-15(13-16)22(21(24)27)8-11-28-12-9-22/h2-7,10,13-14H,8-9,11-12H2,1H3,(H2,24,27). The molecule has 1 amide bonds. The van der Waals surface area contributed by atoms with E-state index in [2.05, 4.69) is 11.2 Å². The van der Waals surface area contributed by atoms with Crippen molar-refractivity contribution in [1.82, 2.24) is 9.78 Å². The van der Waals surface area contributed by atoms with E-state index in [-0.39, 0.29) is 5.91 Å². The summed E-state index contributed by atoms with van der Waals surface area (Å²) in [6, 6.07) is 16.0. The predicted molar refractivity (Wildman–Crippen MR) is 115 cm³/mol. The molecule has 0 spiro atoms. The molecule has 0 aliphatic carbocycles. The fourth-order valence-electron chi connectivity index (χ4n) is 3.80. The van der Waals surface area contributed by atoms with E-state index >= 15 is 0 Å². The van der Waals surface area contributed by atoms with Crippen LogP contribution in [-0.2, 0) is 22.0 Å². The van der Waals surface area contributed by atoms with Gasteiger partial charge in [-0.15, -0.1) is 0 Å². The Labute approximate surface area is 179 Å². The van der Waals surface area contributed by atoms with Gasteiger partial charge in [0.25, 0.3) is 0 Å². The second-order valence-electron chi connectivity index (χ2n) is 7.17. The Kier molecular flexibility index (Phi) is 5.67. The summed E-state index contributed by atoms with van der Waals surface area (Å²) >= 11 is 8.16. The van der Waals surface area contributed by atoms with Gasteiger partial charge < -0.3 is 10.5 Å². The van der Waals surface area contributed by atoms with Crippen molar-refractivity contribution in [3.63, 3.8) is 0 Å². The lowest BCUT2D eigenvalue weighted by Gasteiger charge is -2.34. The molecule has 2 N–H and O–H groups in total. The van der Waals surface area contributed by atoms with Crippen LogP contribution in [-0.4, -0.2) is 28.9 Å². The highest BCUT2D eigenvalue weighted by Gasteiger charge is 2.40. The maximum Gasteiger partial charge on any atom is 0.228 e. The fraction of sp³-hybridized carbons (Fsp3) is 0.273. The number of nitrogens with zero attached hydrogens (tertiary/aromatic N) is 2. The highest BCUT2D eigenvalue weighted by atomic mass is 35.5. The third kappa shape index (κ3) is 3.92. The van der Waals surface area contributed by atoms with Crippen LogP contribution in [0, 0.1) is 0 Å². The monoisotopic (exact) mass is 427 g/mol. The van der Waals surface area contributed by atoms with Crippen molar-refractivity contribution < 1.29 is 9.53 Å². The first-order valence-corrected chi connectivity index (χ1v) is 10.6. The minimum Gasteiger partial charge on any atom is -0.381 e. The molecule has 1 fully saturated rings. The SMILES string of the molecule is Cn1nccc1-c1ccc(Sc2cccc(C3(C(N)=O)CCOCC3)c2)cc1Cl. The number of benzene rings is 2. The highest BCUT2D eigenvalue weighted by Crippen LogP contribution is 2.39. The van der Waals surface area contributed by atoms with Gasteiger partial charge in [0.05, 0.1) is 16.1 Å². The van der Waals surface area contributed by atoms with Crippen LogP contribution < -0.4 is 5.73 Å². The fourth-order valence-corrected chi connectivity index (χ4v) is 5.06. The van der Waals surface area contributed by atoms with E-state index in [0.717, 1.165) is 26.6 Å². The third-order valence-corrected chi connectivity index (χ3v) is 6.77. The Bertz CT molecular complexity index is 1040. The smallest absolute Gasteiger partial charge is 0.228 e. The molecular weight excluding hydrogens is 406 g/mol. The number of hydrogen-bond acceptors (Lipinski definition) is 4. The van der Waals surface area contributed by atoms with Crippen LogP contribution in [0.25, 0.3) is 11.3 Å². The van der Waals surface area contributed by atoms with Gasteiger partial charge in [-0.3, -0.25) is 9.48 Å². The predicted octanol–water partition coefficient (Wildman–Crippen LogP) is 4.43. The Balaban J connectivity index is 1.61. The van der Waals surface area contributed by atoms with Crippen molar-refractivity contribution in [1.29, 1.82) is 0 Å². The van der Waals surface area contributed by atoms with Crippen molar-refractivity contribution >= 4 is 29.3 Å². The molecule has 0 radical (unpaired) electrons. The minimum absolute atomic E-state index is 0.286. The van der Waals surface area contributed by atoms with E-state index in [1.54, 1.807) is 22.6 Å². The van der Waals surface area contributed by atoms with Crippen LogP contribution in [0.3, 0.4) is 0 Å². The Morgan fingerprint density at radius 1 is 1.17 bits per heavy atom. The van der Waals surface area contributed by atoms with E-state index in [0.29, 0.717) is 31.1 Å². The van der Waals surface area contributed by atoms with Crippen molar-refractivity contribution in [2.75, 3.05) is 13.2 Å². The summed E-state index contributed by atoms with van der Waals surface area (Å²) in [5.74, 6) is -0.286. The molecule has 2 heterocycles. The zero-order chi connectivity index (χ0) is 20.4. The number of ether oxygens (including phenoxy) is 1. The quantitative estimate of drug-likeness (QED) is 0.654. The van der Waals surface area contributed by atoms with Crippen molar-refractivity contribution in [2.24, 2.45) is 12.8 Å². The first-order valence-electron chi connectivity index (χ1n) is 9.43. The molecule has 1 aromatic heterocycles. The molecule has 0 bridgehead atoms. The summed E-state index contributed by atoms with van der Waals surface area (Å²) in [7, 11) is 1.89. The largest absolute Gasteiger partial charge is 0.381 e. The molecule has 150 valence electrons. The summed E-state index contributed by atoms with van der Waals surface area (Å²) in [6.45, 7) is 1.09. The lowest BCUT2D eigenvalue weighted by Crippen LogP contribution is -2.45. The van der Waals surface area contributed by atoms with E-state index in [4.69, 9.17) is 22.1 Å². The maximum absolute atomic E-state index is 12.3. The molecule has 2 aromatic carbocycles. The molecule has 0 atom stereocenters. The molecule has 0 unspecified atom stereocenters. The van der Waals surface area contributed by atoms with Gasteiger partial charge in [-0.25, -0.2) is 0 Å². The number of aryl methyl sites for hydroxylation is 1. The average Bonchev–Trinajstić information content (AvgIpc) is 3.14. The Hall–Kier alpha value is -2.28. The highest BCUT2D eigenvalue weighted by molar-refractivity contribution is 7.99. The van der Waals surface area contributed by atoms with E-state index < -0.39 is 5.41 Å². The molecule has 5 nitrogen and oxygen atoms in total. The van der Waals surface area contributed by atoms with Crippen molar-refractivity contribution in [2.45, 2.75) is 28.0 Å². The number of aromatic nitrogens is 2. The van der Waals surface area contributed by atoms with Crippen LogP contribution in [0.4, 0.5) is 0 Å². The lowest BCUT2D eigenvalue weighted by atomic mass is 9.73. The van der Waals surface area contributed by atoms with Crippen LogP contribution in [0.2, 0.25) is 5.02 Å². The van der Waals surface area contributed by atoms with Crippen LogP contribution in [0.5, 0.6) is 0 Å². The van der Waals surface area contributed by atoms with E-state index in [9.17, 15) is 4.79 Å². The zero-order valence-corrected chi connectivity index (χ0v) is 17.7. The molecule has 0 saturated carbocycles. The summed E-state index contributed by atoms with van der Waals surface area (Å²) in [5, 5.41) is 4.88. The number of hydrogen-bond donors (Lipinski definition) is 1. The van der Waals surface area contributed by atoms with Gasteiger partial charge in [0.15, 0.2) is 0 Å². The van der Waals surface area contributed by atoms with Gasteiger partial charge in [0.2, 0.25) is 5.91 Å². The van der Waals surface area contributed by atoms with Crippen molar-refractivity contribution in [3.05, 3.63) is 65.3 Å². The van der Waals surface area contributed by atoms with E-state index in [1.807, 2.05) is 49.5 Å². The summed E-state index contributed by atoms with van der Waals surface area (Å²) in [6.07, 6.45) is 2.98. The normalized spacial score (nSPS) is 15.9. The lowest BCUT2D eigenvalue weighted by molar-refractivity contribution is -0.127. The van der Waals surface area contributed by atoms with Gasteiger partial charge in [0.1, 0.15) is 0 Å². The van der Waals surface area contributed by atoms with Gasteiger partial charge in [-0.1, -0.05) is 41.6 Å². The van der Waals surface area contributed by atoms with Gasteiger partial charge in [0, 0.05) is 41.8 Å². The molecule has 7 heteroatoms. The Morgan fingerprint density at radius 2 is 1.93 bits per heavy atom. The Morgan fingerprint density at radius 3 is 2.59 bits per heavy atom. The minimum atomic E-state index is -0.657. The van der Waals surface area contributed by atoms with Crippen LogP contribution in [0.15, 0.2) is 64.5 Å². The topological polar surface area (TPSA) is 70.1 Å². The first kappa shape index (κ1) is 20.0. The van der Waals surface area contributed by atoms with Gasteiger partial charge in [-0.05, 0) is 48.7 Å². The van der Waals surface area contributed by atoms with Crippen LogP contribution >= 0.6 is 23.4 Å². The summed E-state index contributed by atoms with van der Waals surface area (Å²) in [5.41, 5.74) is 8.02. The van der Waals surface area contributed by atoms with Gasteiger partial charge in [-0.2, -0.15) is 5.10 Å². The number of rotatable bonds is 5. The third-order valence-electron chi connectivity index (χ3n) is 5.48. The van der Waals surface area contributed by atoms with E-state index in [1.165, 1.54) is 0 Å². The summed E-state index contributed by atoms with van der Waals surface area (Å²) < 4.78 is 7.25. The number of carbonyl (C=O) groups is 1. The second kappa shape index (κ2) is 8.22. The van der Waals surface area contributed by atoms with Crippen molar-refractivity contribution in [3.8, 4) is 11.3 Å². The number of nitrogens with two attached hydrogens (primary N) is 1. The average molecular weight is 428 g/mol. The number of carbonyl (C=O) groups excluding carboxylic acids is 1. The molecule has 4 rings (SSSR count). The first-order chi connectivity index (χ1) is 14.0. The maximum atomic E-state index is 12.3. The summed E-state index contributed by atoms with van der Waals surface area (Å²) in [4.78, 5) is 14.4. The molecule has 1 saturated heterocycles. The molecule has 29 heavy (non-hydrogen) atoms. The number of halogens is 1. The molecular formula is C22H22ClN3O2S. The molecule has 3 aromatic rings. The second-order valence-corrected chi connectivity index (χ2v) is 8.72. The number of amides is 1. The molecule has 1 aliphatic rings. The van der Waals surface area contributed by atoms with Gasteiger partial charge >= 0.3 is 0 Å². The van der Waals surface area contributed by atoms with Crippen LogP contribution in [0.1, 0.15) is 18.4 Å². The zero-order valence-electron chi connectivity index (χ0n) is 16.1. The number of primary amides is 1. The molecule has 1 aliphatic heterocycles.